The Bertz CT molecular complexity index is 1410. The maximum atomic E-state index is 12.7. The number of carboxylic acids is 1. The minimum absolute atomic E-state index is 0.225. The Morgan fingerprint density at radius 2 is 1.88 bits per heavy atom. The number of aromatic amines is 1. The molecule has 0 unspecified atom stereocenters. The molecule has 3 N–H and O–H groups in total. The number of benzene rings is 2. The van der Waals surface area contributed by atoms with Gasteiger partial charge in [0.25, 0.3) is 5.91 Å². The minimum atomic E-state index is -0.992. The van der Waals surface area contributed by atoms with Crippen molar-refractivity contribution in [2.24, 2.45) is 0 Å². The van der Waals surface area contributed by atoms with Gasteiger partial charge in [-0.1, -0.05) is 24.3 Å². The van der Waals surface area contributed by atoms with Crippen LogP contribution in [0.2, 0.25) is 0 Å². The maximum absolute atomic E-state index is 12.7. The molecule has 2 aromatic carbocycles. The van der Waals surface area contributed by atoms with E-state index in [1.165, 1.54) is 0 Å². The molecule has 1 aliphatic heterocycles. The zero-order chi connectivity index (χ0) is 22.4. The molecule has 158 valence electrons. The lowest BCUT2D eigenvalue weighted by Crippen LogP contribution is -2.03. The first-order valence-electron chi connectivity index (χ1n) is 10.1. The second-order valence-corrected chi connectivity index (χ2v) is 7.71. The molecule has 0 saturated heterocycles. The van der Waals surface area contributed by atoms with Crippen LogP contribution in [0.15, 0.2) is 60.8 Å². The van der Waals surface area contributed by atoms with Gasteiger partial charge in [0.15, 0.2) is 0 Å². The van der Waals surface area contributed by atoms with Gasteiger partial charge in [-0.05, 0) is 55.8 Å². The Morgan fingerprint density at radius 3 is 2.59 bits per heavy atom. The number of hydrogen-bond acceptors (Lipinski definition) is 3. The SMILES string of the molecule is Cc1[nH]c(C=C2C(=O)Nc3ccc(-c4ccnn4-c4ccccc4)cc32)c(C)c1C(=O)O. The molecule has 7 nitrogen and oxygen atoms in total. The number of nitrogens with one attached hydrogen (secondary N) is 2. The summed E-state index contributed by atoms with van der Waals surface area (Å²) in [5.74, 6) is -1.22. The molecule has 5 rings (SSSR count). The van der Waals surface area contributed by atoms with E-state index in [4.69, 9.17) is 0 Å². The molecule has 0 aliphatic carbocycles. The summed E-state index contributed by atoms with van der Waals surface area (Å²) in [5.41, 5.74) is 6.71. The first-order chi connectivity index (χ1) is 15.4. The summed E-state index contributed by atoms with van der Waals surface area (Å²) >= 11 is 0. The van der Waals surface area contributed by atoms with Gasteiger partial charge in [0.2, 0.25) is 0 Å². The molecule has 7 heteroatoms. The molecule has 0 spiro atoms. The van der Waals surface area contributed by atoms with Gasteiger partial charge in [-0.15, -0.1) is 0 Å². The number of aryl methyl sites for hydroxylation is 1. The number of aromatic nitrogens is 3. The van der Waals surface area contributed by atoms with E-state index in [0.29, 0.717) is 22.5 Å². The van der Waals surface area contributed by atoms with Crippen molar-refractivity contribution in [3.8, 4) is 16.9 Å². The molecular weight excluding hydrogens is 404 g/mol. The molecule has 1 amide bonds. The van der Waals surface area contributed by atoms with Crippen LogP contribution < -0.4 is 5.32 Å². The molecular formula is C25H20N4O3. The fourth-order valence-corrected chi connectivity index (χ4v) is 4.17. The minimum Gasteiger partial charge on any atom is -0.478 e. The summed E-state index contributed by atoms with van der Waals surface area (Å²) in [6.07, 6.45) is 3.46. The second kappa shape index (κ2) is 7.39. The third-order valence-corrected chi connectivity index (χ3v) is 5.72. The number of carbonyl (C=O) groups is 2. The molecule has 32 heavy (non-hydrogen) atoms. The lowest BCUT2D eigenvalue weighted by molar-refractivity contribution is -0.110. The highest BCUT2D eigenvalue weighted by Crippen LogP contribution is 2.37. The van der Waals surface area contributed by atoms with Crippen molar-refractivity contribution in [3.05, 3.63) is 88.9 Å². The van der Waals surface area contributed by atoms with Gasteiger partial charge in [0.05, 0.1) is 28.7 Å². The number of amides is 1. The third-order valence-electron chi connectivity index (χ3n) is 5.72. The van der Waals surface area contributed by atoms with Crippen LogP contribution in [0, 0.1) is 13.8 Å². The Morgan fingerprint density at radius 1 is 1.09 bits per heavy atom. The number of anilines is 1. The van der Waals surface area contributed by atoms with Gasteiger partial charge in [-0.25, -0.2) is 9.48 Å². The highest BCUT2D eigenvalue weighted by atomic mass is 16.4. The van der Waals surface area contributed by atoms with Crippen molar-refractivity contribution >= 4 is 29.2 Å². The highest BCUT2D eigenvalue weighted by molar-refractivity contribution is 6.35. The van der Waals surface area contributed by atoms with E-state index in [1.807, 2.05) is 59.3 Å². The number of rotatable bonds is 4. The predicted octanol–water partition coefficient (Wildman–Crippen LogP) is 4.68. The predicted molar refractivity (Wildman–Crippen MR) is 123 cm³/mol. The van der Waals surface area contributed by atoms with E-state index < -0.39 is 5.97 Å². The quantitative estimate of drug-likeness (QED) is 0.414. The van der Waals surface area contributed by atoms with Crippen molar-refractivity contribution in [1.82, 2.24) is 14.8 Å². The highest BCUT2D eigenvalue weighted by Gasteiger charge is 2.26. The van der Waals surface area contributed by atoms with E-state index in [9.17, 15) is 14.7 Å². The van der Waals surface area contributed by atoms with Crippen LogP contribution in [0.25, 0.3) is 28.6 Å². The standard InChI is InChI=1S/C25H20N4O3/c1-14-21(27-15(2)23(14)25(31)32)13-19-18-12-16(8-9-20(18)28-24(19)30)22-10-11-26-29(22)17-6-4-3-5-7-17/h3-13,27H,1-2H3,(H,28,30)(H,31,32). The fourth-order valence-electron chi connectivity index (χ4n) is 4.17. The van der Waals surface area contributed by atoms with Gasteiger partial charge in [0, 0.05) is 28.2 Å². The molecule has 0 atom stereocenters. The Labute approximate surface area is 184 Å². The molecule has 0 saturated carbocycles. The van der Waals surface area contributed by atoms with Crippen molar-refractivity contribution in [2.75, 3.05) is 5.32 Å². The Hall–Kier alpha value is -4.39. The van der Waals surface area contributed by atoms with E-state index in [0.717, 1.165) is 28.2 Å². The second-order valence-electron chi connectivity index (χ2n) is 7.71. The summed E-state index contributed by atoms with van der Waals surface area (Å²) in [7, 11) is 0. The fraction of sp³-hybridized carbons (Fsp3) is 0.0800. The van der Waals surface area contributed by atoms with Gasteiger partial charge in [0.1, 0.15) is 0 Å². The number of nitrogens with zero attached hydrogens (tertiary/aromatic N) is 2. The number of carboxylic acid groups (broad SMARTS) is 1. The summed E-state index contributed by atoms with van der Waals surface area (Å²) in [6, 6.07) is 17.5. The zero-order valence-corrected chi connectivity index (χ0v) is 17.5. The molecule has 0 bridgehead atoms. The van der Waals surface area contributed by atoms with Crippen LogP contribution in [-0.4, -0.2) is 31.7 Å². The maximum Gasteiger partial charge on any atom is 0.337 e. The number of fused-ring (bicyclic) bond motifs is 1. The normalized spacial score (nSPS) is 13.9. The molecule has 3 heterocycles. The molecule has 4 aromatic rings. The third kappa shape index (κ3) is 3.11. The number of para-hydroxylation sites is 1. The van der Waals surface area contributed by atoms with E-state index in [-0.39, 0.29) is 11.5 Å². The molecule has 1 aliphatic rings. The van der Waals surface area contributed by atoms with Crippen molar-refractivity contribution in [3.63, 3.8) is 0 Å². The Kier molecular flexibility index (Phi) is 4.52. The van der Waals surface area contributed by atoms with Crippen molar-refractivity contribution in [1.29, 1.82) is 0 Å². The van der Waals surface area contributed by atoms with Gasteiger partial charge < -0.3 is 15.4 Å². The lowest BCUT2D eigenvalue weighted by Gasteiger charge is -2.09. The summed E-state index contributed by atoms with van der Waals surface area (Å²) < 4.78 is 1.85. The van der Waals surface area contributed by atoms with E-state index in [1.54, 1.807) is 26.1 Å². The largest absolute Gasteiger partial charge is 0.478 e. The molecule has 2 aromatic heterocycles. The Balaban J connectivity index is 1.61. The first-order valence-corrected chi connectivity index (χ1v) is 10.1. The lowest BCUT2D eigenvalue weighted by atomic mass is 10.0. The van der Waals surface area contributed by atoms with Crippen LogP contribution in [0.1, 0.15) is 32.9 Å². The smallest absolute Gasteiger partial charge is 0.337 e. The van der Waals surface area contributed by atoms with Crippen molar-refractivity contribution < 1.29 is 14.7 Å². The number of hydrogen-bond donors (Lipinski definition) is 3. The van der Waals surface area contributed by atoms with Gasteiger partial charge in [-0.2, -0.15) is 5.10 Å². The average molecular weight is 424 g/mol. The van der Waals surface area contributed by atoms with Crippen LogP contribution in [-0.2, 0) is 4.79 Å². The van der Waals surface area contributed by atoms with Crippen LogP contribution in [0.4, 0.5) is 5.69 Å². The topological polar surface area (TPSA) is 100 Å². The average Bonchev–Trinajstić information content (AvgIpc) is 3.45. The summed E-state index contributed by atoms with van der Waals surface area (Å²) in [6.45, 7) is 3.45. The van der Waals surface area contributed by atoms with Crippen LogP contribution in [0.3, 0.4) is 0 Å². The first kappa shape index (κ1) is 19.6. The van der Waals surface area contributed by atoms with Gasteiger partial charge in [-0.3, -0.25) is 4.79 Å². The number of H-pyrrole nitrogens is 1. The summed E-state index contributed by atoms with van der Waals surface area (Å²) in [5, 5.41) is 16.8. The van der Waals surface area contributed by atoms with Crippen LogP contribution in [0.5, 0.6) is 0 Å². The molecule has 0 radical (unpaired) electrons. The molecule has 0 fully saturated rings. The zero-order valence-electron chi connectivity index (χ0n) is 17.5. The van der Waals surface area contributed by atoms with E-state index in [2.05, 4.69) is 15.4 Å². The number of aromatic carboxylic acids is 1. The number of carbonyl (C=O) groups excluding carboxylic acids is 1. The monoisotopic (exact) mass is 424 g/mol. The van der Waals surface area contributed by atoms with Crippen LogP contribution >= 0.6 is 0 Å². The van der Waals surface area contributed by atoms with E-state index >= 15 is 0 Å². The van der Waals surface area contributed by atoms with Crippen molar-refractivity contribution in [2.45, 2.75) is 13.8 Å². The summed E-state index contributed by atoms with van der Waals surface area (Å²) in [4.78, 5) is 27.4. The van der Waals surface area contributed by atoms with Gasteiger partial charge >= 0.3 is 5.97 Å².